The first-order valence-electron chi connectivity index (χ1n) is 1.84. The van der Waals surface area contributed by atoms with E-state index in [1.165, 1.54) is 0 Å². The van der Waals surface area contributed by atoms with Crippen LogP contribution < -0.4 is 5.50 Å². The van der Waals surface area contributed by atoms with Gasteiger partial charge in [0.25, 0.3) is 0 Å². The molecule has 1 heterocycles. The second-order valence-corrected chi connectivity index (χ2v) is 1.60. The number of allylic oxidation sites excluding steroid dienone is 1. The Morgan fingerprint density at radius 1 is 1.50 bits per heavy atom. The molecule has 0 saturated carbocycles. The zero-order valence-corrected chi connectivity index (χ0v) is 4.99. The van der Waals surface area contributed by atoms with Crippen molar-refractivity contribution in [3.8, 4) is 0 Å². The van der Waals surface area contributed by atoms with Gasteiger partial charge in [-0.3, -0.25) is 10.5 Å². The number of aliphatic imine (C=N–C) groups is 1. The highest BCUT2D eigenvalue weighted by atomic mass is 31.2. The average Bonchev–Trinajstić information content (AvgIpc) is 1.19. The van der Waals surface area contributed by atoms with Gasteiger partial charge in [-0.05, 0) is 6.08 Å². The number of hydrogen-bond donors (Lipinski definition) is 3. The molecule has 0 aromatic rings. The third kappa shape index (κ3) is 9.21. The maximum atomic E-state index is 7.45. The van der Waals surface area contributed by atoms with Crippen LogP contribution in [0.4, 0.5) is 0 Å². The second kappa shape index (κ2) is 4.87. The third-order valence-corrected chi connectivity index (χ3v) is 0.344. The molecule has 1 aliphatic rings. The molecule has 4 nitrogen and oxygen atoms in total. The largest absolute Gasteiger partial charge is 0.338 e. The van der Waals surface area contributed by atoms with Crippen LogP contribution in [0.1, 0.15) is 0 Å². The molecule has 0 atom stereocenters. The second-order valence-electron chi connectivity index (χ2n) is 0.960. The van der Waals surface area contributed by atoms with Gasteiger partial charge in [0.1, 0.15) is 0 Å². The summed E-state index contributed by atoms with van der Waals surface area (Å²) in [6, 6.07) is 0. The number of nitrogens with zero attached hydrogens (tertiary/aromatic N) is 1. The molecule has 1 aliphatic heterocycles. The Bertz CT molecular complexity index is 80.7. The highest BCUT2D eigenvalue weighted by molar-refractivity contribution is 7.42. The summed E-state index contributed by atoms with van der Waals surface area (Å²) in [6.45, 7) is 0. The van der Waals surface area contributed by atoms with Crippen molar-refractivity contribution < 1.29 is 9.79 Å². The van der Waals surface area contributed by atoms with Crippen LogP contribution in [-0.2, 0) is 0 Å². The van der Waals surface area contributed by atoms with Crippen molar-refractivity contribution in [2.75, 3.05) is 0 Å². The lowest BCUT2D eigenvalue weighted by atomic mass is 10.6. The standard InChI is InChI=1S/C3H3N.H4NO2P/c1-2-4-3-1;1-4(2)3/h1-3H;2-3H,1H2. The lowest BCUT2D eigenvalue weighted by Gasteiger charge is -1.79. The Kier molecular flexibility index (Phi) is 4.70. The van der Waals surface area contributed by atoms with E-state index in [1.807, 2.05) is 6.08 Å². The summed E-state index contributed by atoms with van der Waals surface area (Å²) in [5.41, 5.74) is 4.29. The van der Waals surface area contributed by atoms with Gasteiger partial charge >= 0.3 is 0 Å². The van der Waals surface area contributed by atoms with Crippen molar-refractivity contribution >= 4 is 14.7 Å². The van der Waals surface area contributed by atoms with Gasteiger partial charge in [0, 0.05) is 12.4 Å². The molecular formula is C3H7N2O2P. The number of nitrogens with two attached hydrogens (primary N) is 1. The summed E-state index contributed by atoms with van der Waals surface area (Å²) < 4.78 is 0. The van der Waals surface area contributed by atoms with Crippen LogP contribution in [0.3, 0.4) is 0 Å². The van der Waals surface area contributed by atoms with Crippen molar-refractivity contribution in [2.24, 2.45) is 10.5 Å². The fourth-order valence-electron chi connectivity index (χ4n) is 0.0861. The maximum Gasteiger partial charge on any atom is 0.247 e. The average molecular weight is 134 g/mol. The SMILES string of the molecule is C1=CN=C1.NP(O)O. The van der Waals surface area contributed by atoms with E-state index in [2.05, 4.69) is 10.5 Å². The molecule has 1 rings (SSSR count). The molecule has 0 radical (unpaired) electrons. The summed E-state index contributed by atoms with van der Waals surface area (Å²) in [5.74, 6) is 0. The van der Waals surface area contributed by atoms with E-state index in [0.717, 1.165) is 0 Å². The maximum absolute atomic E-state index is 7.45. The zero-order valence-electron chi connectivity index (χ0n) is 4.10. The van der Waals surface area contributed by atoms with Crippen molar-refractivity contribution in [1.82, 2.24) is 0 Å². The van der Waals surface area contributed by atoms with E-state index in [9.17, 15) is 0 Å². The van der Waals surface area contributed by atoms with Crippen LogP contribution in [0.5, 0.6) is 0 Å². The van der Waals surface area contributed by atoms with Crippen LogP contribution in [0.2, 0.25) is 0 Å². The fourth-order valence-corrected chi connectivity index (χ4v) is 0.0861. The van der Waals surface area contributed by atoms with Gasteiger partial charge in [0.2, 0.25) is 8.53 Å². The quantitative estimate of drug-likeness (QED) is 0.399. The summed E-state index contributed by atoms with van der Waals surface area (Å²) in [4.78, 5) is 18.5. The Hall–Kier alpha value is -0.280. The minimum Gasteiger partial charge on any atom is -0.338 e. The summed E-state index contributed by atoms with van der Waals surface area (Å²) in [6.07, 6.45) is 5.39. The molecular weight excluding hydrogens is 127 g/mol. The molecule has 4 N–H and O–H groups in total. The monoisotopic (exact) mass is 134 g/mol. The Balaban J connectivity index is 0.000000122. The molecule has 0 aliphatic carbocycles. The Morgan fingerprint density at radius 3 is 1.62 bits per heavy atom. The smallest absolute Gasteiger partial charge is 0.247 e. The van der Waals surface area contributed by atoms with E-state index in [4.69, 9.17) is 9.79 Å². The van der Waals surface area contributed by atoms with Crippen LogP contribution >= 0.6 is 8.53 Å². The van der Waals surface area contributed by atoms with Crippen LogP contribution in [0, 0.1) is 0 Å². The lowest BCUT2D eigenvalue weighted by molar-refractivity contribution is 0.485. The minimum atomic E-state index is -2.12. The van der Waals surface area contributed by atoms with Crippen molar-refractivity contribution in [3.63, 3.8) is 0 Å². The molecule has 0 saturated heterocycles. The van der Waals surface area contributed by atoms with Gasteiger partial charge in [0.05, 0.1) is 0 Å². The first-order chi connectivity index (χ1) is 3.73. The first kappa shape index (κ1) is 7.72. The minimum absolute atomic E-state index is 1.75. The molecule has 0 aromatic carbocycles. The normalized spacial score (nSPS) is 12.5. The molecule has 0 bridgehead atoms. The topological polar surface area (TPSA) is 78.8 Å². The Labute approximate surface area is 48.3 Å². The number of hydrogen-bond acceptors (Lipinski definition) is 4. The van der Waals surface area contributed by atoms with Gasteiger partial charge < -0.3 is 9.79 Å². The molecule has 5 heteroatoms. The van der Waals surface area contributed by atoms with Crippen molar-refractivity contribution in [1.29, 1.82) is 0 Å². The van der Waals surface area contributed by atoms with E-state index in [-0.39, 0.29) is 0 Å². The van der Waals surface area contributed by atoms with Gasteiger partial charge in [-0.25, -0.2) is 0 Å². The highest BCUT2D eigenvalue weighted by Crippen LogP contribution is 2.05. The van der Waals surface area contributed by atoms with E-state index in [0.29, 0.717) is 0 Å². The van der Waals surface area contributed by atoms with E-state index >= 15 is 0 Å². The van der Waals surface area contributed by atoms with Gasteiger partial charge in [0.15, 0.2) is 0 Å². The third-order valence-electron chi connectivity index (χ3n) is 0.344. The molecule has 0 unspecified atom stereocenters. The molecule has 46 valence electrons. The van der Waals surface area contributed by atoms with Crippen LogP contribution in [0.15, 0.2) is 17.3 Å². The molecule has 0 aromatic heterocycles. The van der Waals surface area contributed by atoms with E-state index in [1.54, 1.807) is 12.4 Å². The molecule has 8 heavy (non-hydrogen) atoms. The summed E-state index contributed by atoms with van der Waals surface area (Å²) in [7, 11) is -2.12. The predicted octanol–water partition coefficient (Wildman–Crippen LogP) is -0.259. The highest BCUT2D eigenvalue weighted by Gasteiger charge is 1.72. The lowest BCUT2D eigenvalue weighted by Crippen LogP contribution is -1.78. The van der Waals surface area contributed by atoms with Crippen molar-refractivity contribution in [2.45, 2.75) is 0 Å². The van der Waals surface area contributed by atoms with Crippen LogP contribution in [-0.4, -0.2) is 16.0 Å². The fraction of sp³-hybridized carbons (Fsp3) is 0. The van der Waals surface area contributed by atoms with Crippen LogP contribution in [0.25, 0.3) is 0 Å². The molecule has 0 fully saturated rings. The van der Waals surface area contributed by atoms with Crippen molar-refractivity contribution in [3.05, 3.63) is 12.3 Å². The molecule has 0 amide bonds. The first-order valence-corrected chi connectivity index (χ1v) is 3.16. The predicted molar refractivity (Wildman–Crippen MR) is 33.2 cm³/mol. The van der Waals surface area contributed by atoms with Gasteiger partial charge in [-0.2, -0.15) is 0 Å². The van der Waals surface area contributed by atoms with Gasteiger partial charge in [-0.1, -0.05) is 0 Å². The number of rotatable bonds is 0. The molecule has 0 spiro atoms. The van der Waals surface area contributed by atoms with Gasteiger partial charge in [-0.15, -0.1) is 0 Å². The summed E-state index contributed by atoms with van der Waals surface area (Å²) in [5, 5.41) is 0. The van der Waals surface area contributed by atoms with E-state index < -0.39 is 8.53 Å². The Morgan fingerprint density at radius 2 is 1.62 bits per heavy atom. The zero-order chi connectivity index (χ0) is 6.41. The summed E-state index contributed by atoms with van der Waals surface area (Å²) >= 11 is 0.